The highest BCUT2D eigenvalue weighted by molar-refractivity contribution is 6.08. The number of hydrogen-bond acceptors (Lipinski definition) is 8. The Balaban J connectivity index is 3.53. The fraction of sp³-hybridized carbons (Fsp3) is 0.621. The molecule has 224 valence electrons. The summed E-state index contributed by atoms with van der Waals surface area (Å²) in [6.45, 7) is 11.4. The number of nitrogens with two attached hydrogens (primary N) is 2. The van der Waals surface area contributed by atoms with Crippen molar-refractivity contribution in [2.45, 2.75) is 91.7 Å². The van der Waals surface area contributed by atoms with Crippen molar-refractivity contribution in [2.24, 2.45) is 29.2 Å². The van der Waals surface area contributed by atoms with E-state index in [1.165, 1.54) is 0 Å². The number of benzene rings is 1. The van der Waals surface area contributed by atoms with Crippen LogP contribution in [-0.4, -0.2) is 64.9 Å². The molecule has 0 aliphatic heterocycles. The maximum atomic E-state index is 16.2. The summed E-state index contributed by atoms with van der Waals surface area (Å²) in [6, 6.07) is 5.89. The van der Waals surface area contributed by atoms with E-state index < -0.39 is 65.9 Å². The Labute approximate surface area is 236 Å². The number of alkyl halides is 1. The number of amides is 3. The van der Waals surface area contributed by atoms with Crippen molar-refractivity contribution in [3.05, 3.63) is 35.9 Å². The predicted molar refractivity (Wildman–Crippen MR) is 149 cm³/mol. The molecule has 1 aromatic rings. The van der Waals surface area contributed by atoms with Gasteiger partial charge in [-0.25, -0.2) is 9.29 Å². The smallest absolute Gasteiger partial charge is 0.317 e. The Hall–Kier alpha value is -3.18. The number of Topliss-reactive ketones (excluding diaryl/α,β-unsaturated/α-hetero) is 1. The van der Waals surface area contributed by atoms with E-state index in [4.69, 9.17) is 16.2 Å². The Morgan fingerprint density at radius 1 is 0.950 bits per heavy atom. The normalized spacial score (nSPS) is 14.7. The molecule has 0 radical (unpaired) electrons. The summed E-state index contributed by atoms with van der Waals surface area (Å²) in [4.78, 5) is 65.9. The molecule has 10 nitrogen and oxygen atoms in total. The Kier molecular flexibility index (Phi) is 13.6. The van der Waals surface area contributed by atoms with Crippen LogP contribution in [0.4, 0.5) is 4.39 Å². The number of imide groups is 1. The number of carbonyl (C=O) groups is 5. The number of rotatable bonds is 14. The lowest BCUT2D eigenvalue weighted by Gasteiger charge is -2.32. The number of halogens is 1. The van der Waals surface area contributed by atoms with Crippen molar-refractivity contribution in [1.29, 1.82) is 0 Å². The van der Waals surface area contributed by atoms with E-state index in [1.54, 1.807) is 78.8 Å². The van der Waals surface area contributed by atoms with Crippen molar-refractivity contribution < 1.29 is 33.1 Å². The van der Waals surface area contributed by atoms with Crippen LogP contribution in [-0.2, 0) is 35.1 Å². The average molecular weight is 565 g/mol. The third kappa shape index (κ3) is 11.1. The molecule has 4 atom stereocenters. The molecule has 1 rings (SSSR count). The fourth-order valence-electron chi connectivity index (χ4n) is 4.05. The van der Waals surface area contributed by atoms with Gasteiger partial charge in [-0.1, -0.05) is 58.0 Å². The molecule has 1 aromatic carbocycles. The van der Waals surface area contributed by atoms with Crippen LogP contribution in [0.5, 0.6) is 0 Å². The Morgan fingerprint density at radius 3 is 1.98 bits per heavy atom. The summed E-state index contributed by atoms with van der Waals surface area (Å²) in [5, 5.41) is 2.41. The first-order valence-corrected chi connectivity index (χ1v) is 13.5. The number of carbonyl (C=O) groups excluding carboxylic acids is 5. The average Bonchev–Trinajstić information content (AvgIpc) is 2.85. The van der Waals surface area contributed by atoms with Gasteiger partial charge in [-0.05, 0) is 57.4 Å². The quantitative estimate of drug-likeness (QED) is 0.176. The van der Waals surface area contributed by atoms with Crippen LogP contribution in [0.25, 0.3) is 0 Å². The molecule has 0 heterocycles. The molecule has 5 N–H and O–H groups in total. The van der Waals surface area contributed by atoms with Crippen LogP contribution in [0.1, 0.15) is 66.9 Å². The largest absolute Gasteiger partial charge is 0.459 e. The molecule has 0 fully saturated rings. The second kappa shape index (κ2) is 15.6. The van der Waals surface area contributed by atoms with E-state index in [2.05, 4.69) is 5.32 Å². The summed E-state index contributed by atoms with van der Waals surface area (Å²) in [6.07, 6.45) is -2.93. The van der Waals surface area contributed by atoms with Crippen LogP contribution in [0.15, 0.2) is 30.3 Å². The van der Waals surface area contributed by atoms with E-state index in [9.17, 15) is 24.0 Å². The number of nitrogens with one attached hydrogen (secondary N) is 1. The van der Waals surface area contributed by atoms with Crippen molar-refractivity contribution in [3.8, 4) is 0 Å². The van der Waals surface area contributed by atoms with Gasteiger partial charge < -0.3 is 21.5 Å². The third-order valence-electron chi connectivity index (χ3n) is 5.82. The maximum absolute atomic E-state index is 16.2. The molecular formula is C29H45FN4O6. The lowest BCUT2D eigenvalue weighted by atomic mass is 9.91. The first kappa shape index (κ1) is 34.8. The molecule has 0 aliphatic carbocycles. The molecule has 2 unspecified atom stereocenters. The molecule has 0 aliphatic rings. The summed E-state index contributed by atoms with van der Waals surface area (Å²) in [5.41, 5.74) is 11.2. The van der Waals surface area contributed by atoms with E-state index in [0.717, 1.165) is 0 Å². The van der Waals surface area contributed by atoms with Crippen molar-refractivity contribution in [1.82, 2.24) is 10.2 Å². The van der Waals surface area contributed by atoms with Crippen molar-refractivity contribution in [2.75, 3.05) is 6.54 Å². The van der Waals surface area contributed by atoms with Gasteiger partial charge in [-0.3, -0.25) is 24.0 Å². The monoisotopic (exact) mass is 564 g/mol. The number of ether oxygens (including phenoxy) is 1. The fourth-order valence-corrected chi connectivity index (χ4v) is 4.05. The molecule has 0 bridgehead atoms. The molecule has 40 heavy (non-hydrogen) atoms. The highest BCUT2D eigenvalue weighted by Crippen LogP contribution is 2.24. The molecular weight excluding hydrogens is 519 g/mol. The zero-order valence-electron chi connectivity index (χ0n) is 24.6. The molecule has 0 aromatic heterocycles. The van der Waals surface area contributed by atoms with Gasteiger partial charge >= 0.3 is 5.97 Å². The van der Waals surface area contributed by atoms with Gasteiger partial charge in [0.1, 0.15) is 17.6 Å². The summed E-state index contributed by atoms with van der Waals surface area (Å²) >= 11 is 0. The topological polar surface area (TPSA) is 162 Å². The standard InChI is InChI=1S/C29H45FN4O6/c1-17(2)13-20(28(39)40-29(5,6)7)24(36)25(30)34(26(37)21(32)15-19-11-9-8-10-12-19)27(38)22(14-18(3)4)33-23(35)16-31/h8-12,17-18,20-22,25H,13-16,31-32H2,1-7H3,(H,33,35)/t20?,21-,22-,25?/m0/s1. The van der Waals surface area contributed by atoms with Crippen LogP contribution < -0.4 is 16.8 Å². The lowest BCUT2D eigenvalue weighted by Crippen LogP contribution is -2.60. The van der Waals surface area contributed by atoms with E-state index in [0.29, 0.717) is 5.56 Å². The van der Waals surface area contributed by atoms with Gasteiger partial charge in [0.25, 0.3) is 5.91 Å². The van der Waals surface area contributed by atoms with E-state index in [-0.39, 0.29) is 36.0 Å². The minimum absolute atomic E-state index is 0.0324. The van der Waals surface area contributed by atoms with Gasteiger partial charge in [-0.2, -0.15) is 0 Å². The van der Waals surface area contributed by atoms with Gasteiger partial charge in [0.05, 0.1) is 12.6 Å². The first-order chi connectivity index (χ1) is 18.5. The molecule has 0 spiro atoms. The summed E-state index contributed by atoms with van der Waals surface area (Å²) in [5.74, 6) is -7.23. The van der Waals surface area contributed by atoms with E-state index in [1.807, 2.05) is 0 Å². The zero-order chi connectivity index (χ0) is 30.8. The number of hydrogen-bond donors (Lipinski definition) is 3. The van der Waals surface area contributed by atoms with Crippen LogP contribution >= 0.6 is 0 Å². The summed E-state index contributed by atoms with van der Waals surface area (Å²) < 4.78 is 21.6. The highest BCUT2D eigenvalue weighted by atomic mass is 19.1. The minimum atomic E-state index is -2.84. The number of ketones is 1. The van der Waals surface area contributed by atoms with Gasteiger partial charge in [0.2, 0.25) is 23.9 Å². The van der Waals surface area contributed by atoms with Gasteiger partial charge in [0, 0.05) is 0 Å². The van der Waals surface area contributed by atoms with E-state index >= 15 is 4.39 Å². The third-order valence-corrected chi connectivity index (χ3v) is 5.82. The Morgan fingerprint density at radius 2 is 1.50 bits per heavy atom. The SMILES string of the molecule is CC(C)CC(C(=O)OC(C)(C)C)C(=O)C(F)N(C(=O)[C@H](CC(C)C)NC(=O)CN)C(=O)[C@@H](N)Cc1ccccc1. The van der Waals surface area contributed by atoms with Crippen molar-refractivity contribution >= 4 is 29.5 Å². The molecule has 0 saturated heterocycles. The highest BCUT2D eigenvalue weighted by Gasteiger charge is 2.45. The number of nitrogens with zero attached hydrogens (tertiary/aromatic N) is 1. The van der Waals surface area contributed by atoms with Crippen LogP contribution in [0.2, 0.25) is 0 Å². The van der Waals surface area contributed by atoms with Crippen LogP contribution in [0.3, 0.4) is 0 Å². The molecule has 3 amide bonds. The summed E-state index contributed by atoms with van der Waals surface area (Å²) in [7, 11) is 0. The number of esters is 1. The Bertz CT molecular complexity index is 1030. The zero-order valence-corrected chi connectivity index (χ0v) is 24.6. The molecule has 11 heteroatoms. The second-order valence-corrected chi connectivity index (χ2v) is 11.8. The lowest BCUT2D eigenvalue weighted by molar-refractivity contribution is -0.170. The van der Waals surface area contributed by atoms with Gasteiger partial charge in [0.15, 0.2) is 0 Å². The van der Waals surface area contributed by atoms with Crippen molar-refractivity contribution in [3.63, 3.8) is 0 Å². The predicted octanol–water partition coefficient (Wildman–Crippen LogP) is 2.27. The first-order valence-electron chi connectivity index (χ1n) is 13.5. The maximum Gasteiger partial charge on any atom is 0.317 e. The molecule has 0 saturated carbocycles. The second-order valence-electron chi connectivity index (χ2n) is 11.8. The van der Waals surface area contributed by atoms with Gasteiger partial charge in [-0.15, -0.1) is 0 Å². The van der Waals surface area contributed by atoms with Crippen LogP contribution in [0, 0.1) is 17.8 Å². The minimum Gasteiger partial charge on any atom is -0.459 e.